The maximum Gasteiger partial charge on any atom is 0.251 e. The average molecular weight is 266 g/mol. The summed E-state index contributed by atoms with van der Waals surface area (Å²) in [7, 11) is 1.55. The van der Waals surface area contributed by atoms with Crippen molar-refractivity contribution >= 4 is 17.5 Å². The zero-order chi connectivity index (χ0) is 14.1. The first kappa shape index (κ1) is 14.9. The Hall–Kier alpha value is -2.12. The highest BCUT2D eigenvalue weighted by Gasteiger charge is 2.07. The van der Waals surface area contributed by atoms with Gasteiger partial charge in [-0.2, -0.15) is 0 Å². The third-order valence-corrected chi connectivity index (χ3v) is 2.35. The summed E-state index contributed by atoms with van der Waals surface area (Å²) in [4.78, 5) is 23.1. The molecule has 0 aromatic heterocycles. The molecule has 5 N–H and O–H groups in total. The highest BCUT2D eigenvalue weighted by atomic mass is 16.5. The molecular formula is C12H18N4O3. The van der Waals surface area contributed by atoms with E-state index in [0.717, 1.165) is 0 Å². The predicted molar refractivity (Wildman–Crippen MR) is 71.5 cm³/mol. The molecule has 0 aliphatic carbocycles. The van der Waals surface area contributed by atoms with E-state index in [1.54, 1.807) is 31.4 Å². The van der Waals surface area contributed by atoms with Crippen molar-refractivity contribution in [1.82, 2.24) is 10.6 Å². The summed E-state index contributed by atoms with van der Waals surface area (Å²) < 4.78 is 4.79. The van der Waals surface area contributed by atoms with E-state index < -0.39 is 0 Å². The summed E-state index contributed by atoms with van der Waals surface area (Å²) in [5.41, 5.74) is 3.63. The van der Waals surface area contributed by atoms with Crippen LogP contribution in [0.15, 0.2) is 24.3 Å². The summed E-state index contributed by atoms with van der Waals surface area (Å²) in [6, 6.07) is 6.59. The molecule has 0 radical (unpaired) electrons. The lowest BCUT2D eigenvalue weighted by atomic mass is 10.2. The van der Waals surface area contributed by atoms with Crippen LogP contribution < -0.4 is 21.9 Å². The summed E-state index contributed by atoms with van der Waals surface area (Å²) in [5.74, 6) is 4.65. The fourth-order valence-corrected chi connectivity index (χ4v) is 1.34. The van der Waals surface area contributed by atoms with Gasteiger partial charge in [0.2, 0.25) is 5.91 Å². The predicted octanol–water partition coefficient (Wildman–Crippen LogP) is -0.535. The van der Waals surface area contributed by atoms with Gasteiger partial charge < -0.3 is 20.8 Å². The van der Waals surface area contributed by atoms with Crippen LogP contribution in [-0.4, -0.2) is 38.6 Å². The molecule has 0 spiro atoms. The first-order valence-corrected chi connectivity index (χ1v) is 5.78. The fraction of sp³-hybridized carbons (Fsp3) is 0.333. The second kappa shape index (κ2) is 8.06. The second-order valence-corrected chi connectivity index (χ2v) is 3.75. The van der Waals surface area contributed by atoms with Gasteiger partial charge in [0.1, 0.15) is 0 Å². The minimum Gasteiger partial charge on any atom is -0.383 e. The molecule has 7 nitrogen and oxygen atoms in total. The van der Waals surface area contributed by atoms with Crippen LogP contribution in [0.25, 0.3) is 0 Å². The Kier molecular flexibility index (Phi) is 6.34. The van der Waals surface area contributed by atoms with Gasteiger partial charge in [-0.1, -0.05) is 0 Å². The van der Waals surface area contributed by atoms with Gasteiger partial charge in [0.05, 0.1) is 13.2 Å². The Morgan fingerprint density at radius 2 is 1.89 bits per heavy atom. The highest BCUT2D eigenvalue weighted by molar-refractivity contribution is 5.96. The van der Waals surface area contributed by atoms with E-state index in [4.69, 9.17) is 10.6 Å². The monoisotopic (exact) mass is 266 g/mol. The number of ether oxygens (including phenoxy) is 1. The van der Waals surface area contributed by atoms with Gasteiger partial charge in [0.25, 0.3) is 5.91 Å². The zero-order valence-electron chi connectivity index (χ0n) is 10.7. The van der Waals surface area contributed by atoms with Crippen LogP contribution in [0.1, 0.15) is 10.4 Å². The standard InChI is InChI=1S/C12H18N4O3/c1-19-7-6-14-11(17)8-15-12(18)9-2-4-10(16-13)5-3-9/h2-5,16H,6-8,13H2,1H3,(H,14,17)(H,15,18). The largest absolute Gasteiger partial charge is 0.383 e. The van der Waals surface area contributed by atoms with Crippen LogP contribution in [0.3, 0.4) is 0 Å². The molecule has 0 saturated carbocycles. The number of hydrazine groups is 1. The number of amides is 2. The molecule has 1 rings (SSSR count). The lowest BCUT2D eigenvalue weighted by molar-refractivity contribution is -0.120. The SMILES string of the molecule is COCCNC(=O)CNC(=O)c1ccc(NN)cc1. The second-order valence-electron chi connectivity index (χ2n) is 3.75. The van der Waals surface area contributed by atoms with E-state index in [-0.39, 0.29) is 18.4 Å². The third kappa shape index (κ3) is 5.36. The Morgan fingerprint density at radius 1 is 1.21 bits per heavy atom. The van der Waals surface area contributed by atoms with Gasteiger partial charge >= 0.3 is 0 Å². The number of nitrogen functional groups attached to an aromatic ring is 1. The molecule has 19 heavy (non-hydrogen) atoms. The quantitative estimate of drug-likeness (QED) is 0.301. The van der Waals surface area contributed by atoms with Crippen molar-refractivity contribution in [2.75, 3.05) is 32.2 Å². The van der Waals surface area contributed by atoms with Crippen LogP contribution in [0.2, 0.25) is 0 Å². The molecule has 0 aliphatic rings. The highest BCUT2D eigenvalue weighted by Crippen LogP contribution is 2.07. The van der Waals surface area contributed by atoms with E-state index in [9.17, 15) is 9.59 Å². The maximum absolute atomic E-state index is 11.7. The molecule has 0 saturated heterocycles. The molecule has 104 valence electrons. The number of nitrogens with one attached hydrogen (secondary N) is 3. The number of nitrogens with two attached hydrogens (primary N) is 1. The first-order chi connectivity index (χ1) is 9.17. The van der Waals surface area contributed by atoms with Gasteiger partial charge in [-0.25, -0.2) is 0 Å². The smallest absolute Gasteiger partial charge is 0.251 e. The minimum atomic E-state index is -0.314. The molecule has 1 aromatic rings. The topological polar surface area (TPSA) is 105 Å². The normalized spacial score (nSPS) is 9.79. The van der Waals surface area contributed by atoms with E-state index >= 15 is 0 Å². The first-order valence-electron chi connectivity index (χ1n) is 5.78. The zero-order valence-corrected chi connectivity index (χ0v) is 10.7. The Bertz CT molecular complexity index is 419. The molecule has 1 aromatic carbocycles. The van der Waals surface area contributed by atoms with Gasteiger partial charge in [0.15, 0.2) is 0 Å². The number of methoxy groups -OCH3 is 1. The third-order valence-electron chi connectivity index (χ3n) is 2.35. The van der Waals surface area contributed by atoms with Gasteiger partial charge in [0, 0.05) is 24.9 Å². The molecule has 0 bridgehead atoms. The van der Waals surface area contributed by atoms with Crippen molar-refractivity contribution in [3.63, 3.8) is 0 Å². The Labute approximate surface area is 111 Å². The van der Waals surface area contributed by atoms with E-state index in [0.29, 0.717) is 24.4 Å². The average Bonchev–Trinajstić information content (AvgIpc) is 2.45. The van der Waals surface area contributed by atoms with Crippen molar-refractivity contribution < 1.29 is 14.3 Å². The lowest BCUT2D eigenvalue weighted by Gasteiger charge is -2.07. The summed E-state index contributed by atoms with van der Waals surface area (Å²) in [6.07, 6.45) is 0. The van der Waals surface area contributed by atoms with Crippen molar-refractivity contribution in [2.45, 2.75) is 0 Å². The van der Waals surface area contributed by atoms with E-state index in [1.807, 2.05) is 0 Å². The maximum atomic E-state index is 11.7. The van der Waals surface area contributed by atoms with Crippen molar-refractivity contribution in [1.29, 1.82) is 0 Å². The molecule has 0 atom stereocenters. The van der Waals surface area contributed by atoms with Crippen molar-refractivity contribution in [3.8, 4) is 0 Å². The Balaban J connectivity index is 2.35. The molecular weight excluding hydrogens is 248 g/mol. The molecule has 0 unspecified atom stereocenters. The molecule has 2 amide bonds. The number of carbonyl (C=O) groups excluding carboxylic acids is 2. The van der Waals surface area contributed by atoms with E-state index in [2.05, 4.69) is 16.1 Å². The summed E-state index contributed by atoms with van der Waals surface area (Å²) >= 11 is 0. The lowest BCUT2D eigenvalue weighted by Crippen LogP contribution is -2.38. The number of rotatable bonds is 7. The van der Waals surface area contributed by atoms with Gasteiger partial charge in [-0.15, -0.1) is 0 Å². The van der Waals surface area contributed by atoms with Crippen molar-refractivity contribution in [3.05, 3.63) is 29.8 Å². The fourth-order valence-electron chi connectivity index (χ4n) is 1.34. The molecule has 7 heteroatoms. The minimum absolute atomic E-state index is 0.0700. The summed E-state index contributed by atoms with van der Waals surface area (Å²) in [5, 5.41) is 5.12. The molecule has 0 fully saturated rings. The van der Waals surface area contributed by atoms with Gasteiger partial charge in [-0.05, 0) is 24.3 Å². The van der Waals surface area contributed by atoms with E-state index in [1.165, 1.54) is 0 Å². The number of anilines is 1. The number of benzene rings is 1. The van der Waals surface area contributed by atoms with Crippen LogP contribution >= 0.6 is 0 Å². The Morgan fingerprint density at radius 3 is 2.47 bits per heavy atom. The van der Waals surface area contributed by atoms with Crippen LogP contribution in [0, 0.1) is 0 Å². The molecule has 0 aliphatic heterocycles. The van der Waals surface area contributed by atoms with Crippen LogP contribution in [0.4, 0.5) is 5.69 Å². The summed E-state index contributed by atoms with van der Waals surface area (Å²) in [6.45, 7) is 0.786. The number of carbonyl (C=O) groups is 2. The molecule has 0 heterocycles. The van der Waals surface area contributed by atoms with Crippen molar-refractivity contribution in [2.24, 2.45) is 5.84 Å². The number of hydrogen-bond acceptors (Lipinski definition) is 5. The van der Waals surface area contributed by atoms with Crippen LogP contribution in [0.5, 0.6) is 0 Å². The van der Waals surface area contributed by atoms with Gasteiger partial charge in [-0.3, -0.25) is 15.4 Å². The number of hydrogen-bond donors (Lipinski definition) is 4. The van der Waals surface area contributed by atoms with Crippen LogP contribution in [-0.2, 0) is 9.53 Å².